The molecule has 25 heavy (non-hydrogen) atoms. The van der Waals surface area contributed by atoms with E-state index < -0.39 is 0 Å². The van der Waals surface area contributed by atoms with Crippen LogP contribution in [0.2, 0.25) is 0 Å². The van der Waals surface area contributed by atoms with Gasteiger partial charge in [0.25, 0.3) is 5.91 Å². The summed E-state index contributed by atoms with van der Waals surface area (Å²) >= 11 is 0. The van der Waals surface area contributed by atoms with Crippen molar-refractivity contribution in [2.75, 3.05) is 10.6 Å². The van der Waals surface area contributed by atoms with E-state index in [0.29, 0.717) is 23.5 Å². The van der Waals surface area contributed by atoms with Crippen molar-refractivity contribution < 1.29 is 4.79 Å². The quantitative estimate of drug-likeness (QED) is 0.841. The standard InChI is InChI=1S/C20H26N4O/c1-13(2)16-10-6-7-11-17(16)24-20(25)18-12-19(22-14(3)21-18)23-15-8-4-5-9-15/h6-7,10-13,15H,4-5,8-9H2,1-3H3,(H,24,25)(H,21,22,23). The Hall–Kier alpha value is -2.43. The fraction of sp³-hybridized carbons (Fsp3) is 0.450. The van der Waals surface area contributed by atoms with Crippen LogP contribution in [0.15, 0.2) is 30.3 Å². The number of aryl methyl sites for hydroxylation is 1. The van der Waals surface area contributed by atoms with Crippen molar-refractivity contribution in [1.29, 1.82) is 0 Å². The summed E-state index contributed by atoms with van der Waals surface area (Å²) in [6.07, 6.45) is 4.82. The average Bonchev–Trinajstić information content (AvgIpc) is 3.07. The average molecular weight is 338 g/mol. The topological polar surface area (TPSA) is 66.9 Å². The number of amides is 1. The summed E-state index contributed by atoms with van der Waals surface area (Å²) in [7, 11) is 0. The summed E-state index contributed by atoms with van der Waals surface area (Å²) in [6, 6.07) is 10.1. The molecule has 0 radical (unpaired) electrons. The number of carbonyl (C=O) groups excluding carboxylic acids is 1. The number of aromatic nitrogens is 2. The Labute approximate surface area is 149 Å². The van der Waals surface area contributed by atoms with Crippen molar-refractivity contribution in [3.63, 3.8) is 0 Å². The third-order valence-electron chi connectivity index (χ3n) is 4.61. The molecule has 5 heteroatoms. The van der Waals surface area contributed by atoms with E-state index in [9.17, 15) is 4.79 Å². The largest absolute Gasteiger partial charge is 0.367 e. The van der Waals surface area contributed by atoms with Crippen LogP contribution in [-0.4, -0.2) is 21.9 Å². The predicted molar refractivity (Wildman–Crippen MR) is 101 cm³/mol. The van der Waals surface area contributed by atoms with Crippen LogP contribution in [0, 0.1) is 6.92 Å². The number of rotatable bonds is 5. The Kier molecular flexibility index (Phi) is 5.31. The van der Waals surface area contributed by atoms with E-state index in [1.165, 1.54) is 12.8 Å². The second-order valence-electron chi connectivity index (χ2n) is 7.01. The van der Waals surface area contributed by atoms with Crippen LogP contribution < -0.4 is 10.6 Å². The van der Waals surface area contributed by atoms with Gasteiger partial charge in [-0.15, -0.1) is 0 Å². The smallest absolute Gasteiger partial charge is 0.274 e. The first kappa shape index (κ1) is 17.4. The summed E-state index contributed by atoms with van der Waals surface area (Å²) in [5.41, 5.74) is 2.35. The Morgan fingerprint density at radius 1 is 1.16 bits per heavy atom. The predicted octanol–water partition coefficient (Wildman–Crippen LogP) is 4.52. The van der Waals surface area contributed by atoms with Crippen LogP contribution in [-0.2, 0) is 0 Å². The zero-order valence-electron chi connectivity index (χ0n) is 15.2. The van der Waals surface area contributed by atoms with E-state index in [1.807, 2.05) is 31.2 Å². The minimum absolute atomic E-state index is 0.201. The number of para-hydroxylation sites is 1. The monoisotopic (exact) mass is 338 g/mol. The number of nitrogens with zero attached hydrogens (tertiary/aromatic N) is 2. The van der Waals surface area contributed by atoms with Gasteiger partial charge in [0.15, 0.2) is 0 Å². The lowest BCUT2D eigenvalue weighted by Gasteiger charge is -2.15. The molecule has 0 saturated heterocycles. The molecule has 1 amide bonds. The van der Waals surface area contributed by atoms with Gasteiger partial charge in [-0.25, -0.2) is 9.97 Å². The molecule has 5 nitrogen and oxygen atoms in total. The van der Waals surface area contributed by atoms with Crippen LogP contribution in [0.5, 0.6) is 0 Å². The Morgan fingerprint density at radius 3 is 2.60 bits per heavy atom. The summed E-state index contributed by atoms with van der Waals surface area (Å²) in [4.78, 5) is 21.4. The van der Waals surface area contributed by atoms with Gasteiger partial charge >= 0.3 is 0 Å². The second kappa shape index (κ2) is 7.64. The van der Waals surface area contributed by atoms with Crippen LogP contribution in [0.25, 0.3) is 0 Å². The molecule has 2 aromatic rings. The zero-order chi connectivity index (χ0) is 17.8. The maximum Gasteiger partial charge on any atom is 0.274 e. The van der Waals surface area contributed by atoms with Gasteiger partial charge in [-0.2, -0.15) is 0 Å². The number of benzene rings is 1. The summed E-state index contributed by atoms with van der Waals surface area (Å²) < 4.78 is 0. The molecule has 1 aromatic heterocycles. The molecular weight excluding hydrogens is 312 g/mol. The van der Waals surface area contributed by atoms with Gasteiger partial charge in [0, 0.05) is 17.8 Å². The summed E-state index contributed by atoms with van der Waals surface area (Å²) in [6.45, 7) is 6.05. The van der Waals surface area contributed by atoms with Gasteiger partial charge in [-0.05, 0) is 37.3 Å². The molecule has 132 valence electrons. The molecule has 1 heterocycles. The summed E-state index contributed by atoms with van der Waals surface area (Å²) in [5.74, 6) is 1.48. The van der Waals surface area contributed by atoms with Gasteiger partial charge in [-0.1, -0.05) is 44.9 Å². The third-order valence-corrected chi connectivity index (χ3v) is 4.61. The minimum atomic E-state index is -0.201. The molecule has 1 saturated carbocycles. The van der Waals surface area contributed by atoms with E-state index in [1.54, 1.807) is 6.07 Å². The van der Waals surface area contributed by atoms with E-state index in [4.69, 9.17) is 0 Å². The lowest BCUT2D eigenvalue weighted by Crippen LogP contribution is -2.19. The normalized spacial score (nSPS) is 14.7. The van der Waals surface area contributed by atoms with Gasteiger partial charge in [0.2, 0.25) is 0 Å². The lowest BCUT2D eigenvalue weighted by atomic mass is 10.0. The SMILES string of the molecule is Cc1nc(NC2CCCC2)cc(C(=O)Nc2ccccc2C(C)C)n1. The number of carbonyl (C=O) groups is 1. The molecule has 1 fully saturated rings. The first-order valence-electron chi connectivity index (χ1n) is 9.05. The molecule has 1 aliphatic rings. The highest BCUT2D eigenvalue weighted by Gasteiger charge is 2.17. The maximum absolute atomic E-state index is 12.7. The fourth-order valence-corrected chi connectivity index (χ4v) is 3.34. The van der Waals surface area contributed by atoms with Crippen molar-refractivity contribution in [3.8, 4) is 0 Å². The molecule has 0 unspecified atom stereocenters. The zero-order valence-corrected chi connectivity index (χ0v) is 15.2. The van der Waals surface area contributed by atoms with Crippen LogP contribution in [0.4, 0.5) is 11.5 Å². The molecule has 0 bridgehead atoms. The number of nitrogens with one attached hydrogen (secondary N) is 2. The number of hydrogen-bond acceptors (Lipinski definition) is 4. The van der Waals surface area contributed by atoms with Gasteiger partial charge in [-0.3, -0.25) is 4.79 Å². The molecule has 0 atom stereocenters. The van der Waals surface area contributed by atoms with Crippen LogP contribution in [0.3, 0.4) is 0 Å². The van der Waals surface area contributed by atoms with E-state index in [0.717, 1.165) is 29.9 Å². The van der Waals surface area contributed by atoms with Gasteiger partial charge < -0.3 is 10.6 Å². The third kappa shape index (κ3) is 4.35. The van der Waals surface area contributed by atoms with Crippen molar-refractivity contribution in [2.45, 2.75) is 58.4 Å². The number of anilines is 2. The molecule has 2 N–H and O–H groups in total. The Morgan fingerprint density at radius 2 is 1.88 bits per heavy atom. The minimum Gasteiger partial charge on any atom is -0.367 e. The highest BCUT2D eigenvalue weighted by molar-refractivity contribution is 6.03. The van der Waals surface area contributed by atoms with Crippen molar-refractivity contribution in [1.82, 2.24) is 9.97 Å². The van der Waals surface area contributed by atoms with Gasteiger partial charge in [0.1, 0.15) is 17.3 Å². The Bertz CT molecular complexity index is 751. The lowest BCUT2D eigenvalue weighted by molar-refractivity contribution is 0.102. The van der Waals surface area contributed by atoms with Gasteiger partial charge in [0.05, 0.1) is 0 Å². The Balaban J connectivity index is 1.79. The maximum atomic E-state index is 12.7. The second-order valence-corrected chi connectivity index (χ2v) is 7.01. The van der Waals surface area contributed by atoms with Crippen molar-refractivity contribution in [2.24, 2.45) is 0 Å². The van der Waals surface area contributed by atoms with Crippen LogP contribution in [0.1, 0.15) is 67.3 Å². The first-order chi connectivity index (χ1) is 12.0. The van der Waals surface area contributed by atoms with E-state index >= 15 is 0 Å². The molecular formula is C20H26N4O. The van der Waals surface area contributed by atoms with Crippen LogP contribution >= 0.6 is 0 Å². The van der Waals surface area contributed by atoms with Crippen molar-refractivity contribution in [3.05, 3.63) is 47.4 Å². The highest BCUT2D eigenvalue weighted by atomic mass is 16.1. The fourth-order valence-electron chi connectivity index (χ4n) is 3.34. The molecule has 0 aliphatic heterocycles. The molecule has 1 aliphatic carbocycles. The highest BCUT2D eigenvalue weighted by Crippen LogP contribution is 2.25. The van der Waals surface area contributed by atoms with Crippen molar-refractivity contribution >= 4 is 17.4 Å². The van der Waals surface area contributed by atoms with E-state index in [-0.39, 0.29) is 5.91 Å². The number of hydrogen-bond donors (Lipinski definition) is 2. The molecule has 1 aromatic carbocycles. The summed E-state index contributed by atoms with van der Waals surface area (Å²) in [5, 5.41) is 6.44. The molecule has 0 spiro atoms. The van der Waals surface area contributed by atoms with E-state index in [2.05, 4.69) is 34.4 Å². The first-order valence-corrected chi connectivity index (χ1v) is 9.05. The molecule has 3 rings (SSSR count).